The first-order valence-corrected chi connectivity index (χ1v) is 16.6. The molecule has 0 aromatic rings. The summed E-state index contributed by atoms with van der Waals surface area (Å²) in [6, 6.07) is 2.16. The fourth-order valence-electron chi connectivity index (χ4n) is 9.22. The predicted molar refractivity (Wildman–Crippen MR) is 174 cm³/mol. The largest absolute Gasteiger partial charge is 0.295 e. The van der Waals surface area contributed by atoms with E-state index < -0.39 is 21.7 Å². The molecule has 0 radical (unpaired) electrons. The first-order valence-electron chi connectivity index (χ1n) is 16.6. The van der Waals surface area contributed by atoms with E-state index >= 15 is 0 Å². The molecule has 0 aliphatic heterocycles. The summed E-state index contributed by atoms with van der Waals surface area (Å²) in [5.41, 5.74) is 3.97. The Morgan fingerprint density at radius 2 is 1.70 bits per heavy atom. The second-order valence-corrected chi connectivity index (χ2v) is 16.7. The number of rotatable bonds is 8. The lowest BCUT2D eigenvalue weighted by molar-refractivity contribution is -0.143. The van der Waals surface area contributed by atoms with Gasteiger partial charge in [0.05, 0.1) is 11.0 Å². The summed E-state index contributed by atoms with van der Waals surface area (Å²) in [4.78, 5) is 52.4. The van der Waals surface area contributed by atoms with Crippen LogP contribution in [0.15, 0.2) is 23.3 Å². The Morgan fingerprint density at radius 1 is 1.07 bits per heavy atom. The Bertz CT molecular complexity index is 1300. The van der Waals surface area contributed by atoms with Gasteiger partial charge in [0, 0.05) is 17.3 Å². The number of carbonyl (C=O) groups is 4. The fourth-order valence-corrected chi connectivity index (χ4v) is 9.22. The lowest BCUT2D eigenvalue weighted by Crippen LogP contribution is -2.56. The van der Waals surface area contributed by atoms with Crippen LogP contribution >= 0.6 is 0 Å². The molecule has 0 bridgehead atoms. The lowest BCUT2D eigenvalue weighted by Gasteiger charge is -2.61. The fraction of sp³-hybridized carbons (Fsp3) is 0.757. The van der Waals surface area contributed by atoms with Gasteiger partial charge in [0.25, 0.3) is 0 Å². The third-order valence-electron chi connectivity index (χ3n) is 12.4. The first-order chi connectivity index (χ1) is 20.1. The van der Waals surface area contributed by atoms with Gasteiger partial charge in [0.2, 0.25) is 11.8 Å². The van der Waals surface area contributed by atoms with E-state index in [9.17, 15) is 24.4 Å². The maximum absolute atomic E-state index is 14.0. The molecule has 0 heterocycles. The topological polar surface area (TPSA) is 116 Å². The van der Waals surface area contributed by atoms with E-state index in [1.165, 1.54) is 0 Å². The van der Waals surface area contributed by atoms with Crippen LogP contribution in [0.3, 0.4) is 0 Å². The number of allylic oxidation sites excluding steroid dienone is 4. The summed E-state index contributed by atoms with van der Waals surface area (Å²) in [7, 11) is 0. The molecule has 2 amide bonds. The van der Waals surface area contributed by atoms with E-state index in [4.69, 9.17) is 0 Å². The third-order valence-corrected chi connectivity index (χ3v) is 12.4. The number of hydrazine groups is 1. The standard InChI is InChI=1S/C37H57N3O4/c1-12-13-29(42)39-40-31(44)37(18-16-32(4,5)21-24(37)2)19-17-33(6,7)36(11)15-14-27-34(8,9)30(43)26(23-38)22-35(27,10)28(36)20-25(3)41/h20,22,24,27H,12-19,21H2,1-11H3,(H,39,42)(H,40,44)/b28-20-/t24?,27-,35-,36+,37-/m0/s1. The molecule has 3 rings (SSSR count). The summed E-state index contributed by atoms with van der Waals surface area (Å²) >= 11 is 0. The number of fused-ring (bicyclic) bond motifs is 1. The summed E-state index contributed by atoms with van der Waals surface area (Å²) in [5, 5.41) is 9.95. The van der Waals surface area contributed by atoms with Crippen molar-refractivity contribution in [1.29, 1.82) is 5.26 Å². The SMILES string of the molecule is CCCC(=O)NNC(=O)[C@]1(CCC(C)(C)[C@]2(C)CC[C@H]3C(C)(C)C(=O)C(C#N)=C[C@]3(C)/C2=C/C(C)=O)CCC(C)(C)CC1C. The molecule has 2 saturated carbocycles. The second kappa shape index (κ2) is 12.2. The van der Waals surface area contributed by atoms with Gasteiger partial charge in [-0.15, -0.1) is 0 Å². The maximum atomic E-state index is 14.0. The molecule has 3 aliphatic rings. The van der Waals surface area contributed by atoms with Crippen molar-refractivity contribution in [3.63, 3.8) is 0 Å². The Hall–Kier alpha value is -2.75. The van der Waals surface area contributed by atoms with Gasteiger partial charge in [0.15, 0.2) is 11.6 Å². The molecule has 1 unspecified atom stereocenters. The number of hydrogen-bond donors (Lipinski definition) is 2. The monoisotopic (exact) mass is 607 g/mol. The van der Waals surface area contributed by atoms with E-state index in [2.05, 4.69) is 65.4 Å². The highest BCUT2D eigenvalue weighted by atomic mass is 16.2. The number of carbonyl (C=O) groups excluding carboxylic acids is 4. The Labute approximate surface area is 266 Å². The highest BCUT2D eigenvalue weighted by molar-refractivity contribution is 6.04. The summed E-state index contributed by atoms with van der Waals surface area (Å²) in [6.45, 7) is 22.9. The van der Waals surface area contributed by atoms with Crippen molar-refractivity contribution >= 4 is 23.4 Å². The predicted octanol–water partition coefficient (Wildman–Crippen LogP) is 7.57. The highest BCUT2D eigenvalue weighted by Gasteiger charge is 2.61. The van der Waals surface area contributed by atoms with Gasteiger partial charge in [-0.1, -0.05) is 80.9 Å². The quantitative estimate of drug-likeness (QED) is 0.218. The number of nitrogens with zero attached hydrogens (tertiary/aromatic N) is 1. The zero-order valence-electron chi connectivity index (χ0n) is 29.3. The zero-order valence-corrected chi connectivity index (χ0v) is 29.3. The van der Waals surface area contributed by atoms with Crippen molar-refractivity contribution in [2.75, 3.05) is 0 Å². The highest BCUT2D eigenvalue weighted by Crippen LogP contribution is 2.67. The molecule has 0 spiro atoms. The van der Waals surface area contributed by atoms with Crippen LogP contribution in [0, 0.1) is 55.7 Å². The van der Waals surface area contributed by atoms with E-state index in [0.717, 1.165) is 44.1 Å². The van der Waals surface area contributed by atoms with E-state index in [1.54, 1.807) is 13.0 Å². The third kappa shape index (κ3) is 6.20. The molecule has 2 N–H and O–H groups in total. The minimum Gasteiger partial charge on any atom is -0.295 e. The van der Waals surface area contributed by atoms with Gasteiger partial charge in [-0.05, 0) is 92.4 Å². The van der Waals surface area contributed by atoms with Crippen molar-refractivity contribution in [1.82, 2.24) is 10.9 Å². The minimum atomic E-state index is -0.732. The van der Waals surface area contributed by atoms with E-state index in [0.29, 0.717) is 19.3 Å². The van der Waals surface area contributed by atoms with Crippen molar-refractivity contribution in [3.8, 4) is 6.07 Å². The average Bonchev–Trinajstić information content (AvgIpc) is 2.91. The Balaban J connectivity index is 2.04. The van der Waals surface area contributed by atoms with Crippen LogP contribution in [0.5, 0.6) is 0 Å². The van der Waals surface area contributed by atoms with E-state index in [1.807, 2.05) is 26.8 Å². The average molecular weight is 608 g/mol. The van der Waals surface area contributed by atoms with Gasteiger partial charge in [-0.2, -0.15) is 5.26 Å². The van der Waals surface area contributed by atoms with Crippen LogP contribution < -0.4 is 10.9 Å². The number of nitrogens with one attached hydrogen (secondary N) is 2. The molecule has 0 aromatic heterocycles. The second-order valence-electron chi connectivity index (χ2n) is 16.7. The number of ketones is 2. The lowest BCUT2D eigenvalue weighted by atomic mass is 9.42. The number of amides is 2. The van der Waals surface area contributed by atoms with Crippen LogP contribution in [0.25, 0.3) is 0 Å². The van der Waals surface area contributed by atoms with Gasteiger partial charge >= 0.3 is 0 Å². The maximum Gasteiger partial charge on any atom is 0.244 e. The van der Waals surface area contributed by atoms with Gasteiger partial charge < -0.3 is 0 Å². The molecule has 0 saturated heterocycles. The van der Waals surface area contributed by atoms with Crippen molar-refractivity contribution in [3.05, 3.63) is 23.3 Å². The molecule has 0 aromatic carbocycles. The van der Waals surface area contributed by atoms with E-state index in [-0.39, 0.29) is 51.6 Å². The smallest absolute Gasteiger partial charge is 0.244 e. The van der Waals surface area contributed by atoms with Crippen molar-refractivity contribution in [2.45, 2.75) is 134 Å². The first kappa shape index (κ1) is 35.7. The van der Waals surface area contributed by atoms with Crippen LogP contribution in [0.4, 0.5) is 0 Å². The molecule has 3 aliphatic carbocycles. The molecule has 7 heteroatoms. The summed E-state index contributed by atoms with van der Waals surface area (Å²) in [6.07, 6.45) is 10.2. The molecular weight excluding hydrogens is 550 g/mol. The van der Waals surface area contributed by atoms with Crippen LogP contribution in [0.2, 0.25) is 0 Å². The van der Waals surface area contributed by atoms with Crippen molar-refractivity contribution < 1.29 is 19.2 Å². The van der Waals surface area contributed by atoms with Crippen LogP contribution in [0.1, 0.15) is 134 Å². The molecule has 44 heavy (non-hydrogen) atoms. The summed E-state index contributed by atoms with van der Waals surface area (Å²) < 4.78 is 0. The normalized spacial score (nSPS) is 33.9. The van der Waals surface area contributed by atoms with Crippen LogP contribution in [-0.2, 0) is 19.2 Å². The van der Waals surface area contributed by atoms with Gasteiger partial charge in [-0.25, -0.2) is 0 Å². The molecule has 5 atom stereocenters. The van der Waals surface area contributed by atoms with Crippen molar-refractivity contribution in [2.24, 2.45) is 44.3 Å². The van der Waals surface area contributed by atoms with Gasteiger partial charge in [0.1, 0.15) is 6.07 Å². The molecule has 7 nitrogen and oxygen atoms in total. The summed E-state index contributed by atoms with van der Waals surface area (Å²) in [5.74, 6) is -0.401. The number of nitriles is 1. The minimum absolute atomic E-state index is 0.0430. The Morgan fingerprint density at radius 3 is 2.25 bits per heavy atom. The van der Waals surface area contributed by atoms with Gasteiger partial charge in [-0.3, -0.25) is 30.0 Å². The van der Waals surface area contributed by atoms with Crippen LogP contribution in [-0.4, -0.2) is 23.4 Å². The number of Topliss-reactive ketones (excluding diaryl/α,β-unsaturated/α-hetero) is 1. The molecule has 2 fully saturated rings. The zero-order chi connectivity index (χ0) is 33.5. The molecular formula is C37H57N3O4. The molecule has 244 valence electrons. The number of hydrogen-bond acceptors (Lipinski definition) is 5. The Kier molecular flexibility index (Phi) is 9.92.